The van der Waals surface area contributed by atoms with Crippen LogP contribution in [-0.2, 0) is 46.4 Å². The fraction of sp³-hybridized carbons (Fsp3) is 0.586. The fourth-order valence-corrected chi connectivity index (χ4v) is 5.06. The van der Waals surface area contributed by atoms with Gasteiger partial charge >= 0.3 is 0 Å². The van der Waals surface area contributed by atoms with Crippen molar-refractivity contribution in [1.82, 2.24) is 0 Å². The van der Waals surface area contributed by atoms with Gasteiger partial charge in [0.2, 0.25) is 11.6 Å². The second-order valence-electron chi connectivity index (χ2n) is 10.2. The third-order valence-electron chi connectivity index (χ3n) is 7.52. The number of aliphatic hydroxyl groups excluding tert-OH is 2. The summed E-state index contributed by atoms with van der Waals surface area (Å²) >= 11 is 0. The zero-order valence-corrected chi connectivity index (χ0v) is 22.9. The number of ether oxygens (including phenoxy) is 7. The van der Waals surface area contributed by atoms with Crippen molar-refractivity contribution < 1.29 is 48.5 Å². The van der Waals surface area contributed by atoms with E-state index in [9.17, 15) is 15.3 Å². The quantitative estimate of drug-likeness (QED) is 0.363. The number of aliphatic hydroxyl groups is 3. The van der Waals surface area contributed by atoms with Crippen molar-refractivity contribution in [2.24, 2.45) is 0 Å². The number of rotatable bonds is 12. The van der Waals surface area contributed by atoms with Crippen LogP contribution in [0, 0.1) is 0 Å². The molecule has 2 heterocycles. The largest absolute Gasteiger partial charge is 0.394 e. The molecule has 2 aromatic carbocycles. The summed E-state index contributed by atoms with van der Waals surface area (Å²) in [5, 5.41) is 31.8. The lowest BCUT2D eigenvalue weighted by atomic mass is 9.86. The molecule has 0 bridgehead atoms. The highest BCUT2D eigenvalue weighted by Crippen LogP contribution is 2.47. The van der Waals surface area contributed by atoms with E-state index in [1.807, 2.05) is 60.7 Å². The molecule has 0 aromatic heterocycles. The molecule has 0 radical (unpaired) electrons. The average molecular weight is 549 g/mol. The van der Waals surface area contributed by atoms with Crippen LogP contribution in [0.3, 0.4) is 0 Å². The van der Waals surface area contributed by atoms with E-state index >= 15 is 0 Å². The summed E-state index contributed by atoms with van der Waals surface area (Å²) in [5.41, 5.74) is 1.83. The maximum Gasteiger partial charge on any atom is 0.220 e. The number of hydrogen-bond acceptors (Lipinski definition) is 10. The molecule has 3 unspecified atom stereocenters. The van der Waals surface area contributed by atoms with Gasteiger partial charge in [0, 0.05) is 20.6 Å². The van der Waals surface area contributed by atoms with Crippen LogP contribution in [0.2, 0.25) is 0 Å². The van der Waals surface area contributed by atoms with Crippen LogP contribution in [0.1, 0.15) is 31.4 Å². The van der Waals surface area contributed by atoms with Gasteiger partial charge in [-0.1, -0.05) is 60.7 Å². The van der Waals surface area contributed by atoms with Gasteiger partial charge in [-0.25, -0.2) is 0 Å². The van der Waals surface area contributed by atoms with Crippen molar-refractivity contribution >= 4 is 0 Å². The molecule has 3 N–H and O–H groups in total. The Morgan fingerprint density at radius 3 is 1.90 bits per heavy atom. The summed E-state index contributed by atoms with van der Waals surface area (Å²) in [6.07, 6.45) is -5.32. The van der Waals surface area contributed by atoms with E-state index in [0.29, 0.717) is 6.61 Å². The van der Waals surface area contributed by atoms with Gasteiger partial charge in [-0.05, 0) is 25.0 Å². The third kappa shape index (κ3) is 6.52. The molecule has 39 heavy (non-hydrogen) atoms. The summed E-state index contributed by atoms with van der Waals surface area (Å²) in [6.45, 7) is 3.27. The maximum atomic E-state index is 11.9. The predicted molar refractivity (Wildman–Crippen MR) is 139 cm³/mol. The molecule has 0 spiro atoms. The Hall–Kier alpha value is -1.96. The Morgan fingerprint density at radius 2 is 1.36 bits per heavy atom. The van der Waals surface area contributed by atoms with Crippen LogP contribution >= 0.6 is 0 Å². The Kier molecular flexibility index (Phi) is 9.77. The van der Waals surface area contributed by atoms with Crippen molar-refractivity contribution in [3.05, 3.63) is 71.8 Å². The average Bonchev–Trinajstić information content (AvgIpc) is 2.94. The summed E-state index contributed by atoms with van der Waals surface area (Å²) < 4.78 is 42.9. The molecule has 216 valence electrons. The van der Waals surface area contributed by atoms with Crippen LogP contribution in [0.15, 0.2) is 60.7 Å². The van der Waals surface area contributed by atoms with Gasteiger partial charge in [0.1, 0.15) is 24.4 Å². The zero-order valence-electron chi connectivity index (χ0n) is 22.9. The number of benzene rings is 2. The number of methoxy groups -OCH3 is 2. The van der Waals surface area contributed by atoms with Gasteiger partial charge in [-0.3, -0.25) is 0 Å². The van der Waals surface area contributed by atoms with Gasteiger partial charge in [0.05, 0.1) is 32.5 Å². The Labute approximate surface area is 229 Å². The van der Waals surface area contributed by atoms with Gasteiger partial charge in [0.25, 0.3) is 0 Å². The SMILES string of the molecule is COC1(C)O[C@H]2[C@H](OC1(C)OC)[C@@H](COCc1ccccc1)OC(O)(C[C@@H](O)CO)[C@@H]2OCc1ccccc1. The van der Waals surface area contributed by atoms with E-state index in [1.165, 1.54) is 14.2 Å². The van der Waals surface area contributed by atoms with Crippen LogP contribution in [0.25, 0.3) is 0 Å². The minimum absolute atomic E-state index is 0.0336. The van der Waals surface area contributed by atoms with Crippen LogP contribution in [-0.4, -0.2) is 90.6 Å². The summed E-state index contributed by atoms with van der Waals surface area (Å²) in [7, 11) is 2.96. The van der Waals surface area contributed by atoms with E-state index in [1.54, 1.807) is 13.8 Å². The van der Waals surface area contributed by atoms with Gasteiger partial charge in [0.15, 0.2) is 5.79 Å². The normalized spacial score (nSPS) is 35.4. The molecule has 2 saturated heterocycles. The molecule has 8 atom stereocenters. The van der Waals surface area contributed by atoms with Crippen molar-refractivity contribution in [2.75, 3.05) is 27.4 Å². The standard InChI is InChI=1S/C29H40O10/c1-27(33-3)28(2,34-4)39-25-24(38-27)23(19-35-17-20-11-7-5-8-12-20)37-29(32,15-22(31)16-30)26(25)36-18-21-13-9-6-10-14-21/h5-14,22-26,30-32H,15-19H2,1-4H3/t22-,23-,24-,25+,26-,27?,28?,29?/m1/s1. The fourth-order valence-electron chi connectivity index (χ4n) is 5.06. The van der Waals surface area contributed by atoms with Gasteiger partial charge < -0.3 is 48.5 Å². The monoisotopic (exact) mass is 548 g/mol. The van der Waals surface area contributed by atoms with E-state index < -0.39 is 54.5 Å². The lowest BCUT2D eigenvalue weighted by Crippen LogP contribution is -2.76. The first-order chi connectivity index (χ1) is 18.7. The first-order valence-electron chi connectivity index (χ1n) is 13.1. The van der Waals surface area contributed by atoms with Crippen LogP contribution < -0.4 is 0 Å². The van der Waals surface area contributed by atoms with E-state index in [0.717, 1.165) is 11.1 Å². The molecular formula is C29H40O10. The van der Waals surface area contributed by atoms with E-state index in [4.69, 9.17) is 33.2 Å². The Bertz CT molecular complexity index is 1030. The minimum Gasteiger partial charge on any atom is -0.394 e. The number of hydrogen-bond donors (Lipinski definition) is 3. The molecule has 2 fully saturated rings. The Balaban J connectivity index is 1.66. The van der Waals surface area contributed by atoms with Crippen LogP contribution in [0.5, 0.6) is 0 Å². The van der Waals surface area contributed by atoms with Crippen LogP contribution in [0.4, 0.5) is 0 Å². The lowest BCUT2D eigenvalue weighted by molar-refractivity contribution is -0.492. The molecule has 0 saturated carbocycles. The molecule has 2 aliphatic rings. The summed E-state index contributed by atoms with van der Waals surface area (Å²) in [5.74, 6) is -4.79. The zero-order chi connectivity index (χ0) is 28.1. The lowest BCUT2D eigenvalue weighted by Gasteiger charge is -2.59. The second kappa shape index (κ2) is 12.7. The molecule has 10 nitrogen and oxygen atoms in total. The van der Waals surface area contributed by atoms with Crippen molar-refractivity contribution in [2.45, 2.75) is 81.4 Å². The molecule has 0 amide bonds. The molecule has 0 aliphatic carbocycles. The van der Waals surface area contributed by atoms with Crippen molar-refractivity contribution in [1.29, 1.82) is 0 Å². The van der Waals surface area contributed by atoms with Crippen molar-refractivity contribution in [3.8, 4) is 0 Å². The van der Waals surface area contributed by atoms with Gasteiger partial charge in [-0.2, -0.15) is 0 Å². The molecular weight excluding hydrogens is 508 g/mol. The molecule has 2 aliphatic heterocycles. The first kappa shape index (κ1) is 30.0. The summed E-state index contributed by atoms with van der Waals surface area (Å²) in [6, 6.07) is 19.1. The molecule has 10 heteroatoms. The molecule has 2 aromatic rings. The number of fused-ring (bicyclic) bond motifs is 1. The first-order valence-corrected chi connectivity index (χ1v) is 13.1. The van der Waals surface area contributed by atoms with E-state index in [2.05, 4.69) is 0 Å². The second-order valence-corrected chi connectivity index (χ2v) is 10.2. The predicted octanol–water partition coefficient (Wildman–Crippen LogP) is 2.13. The highest BCUT2D eigenvalue weighted by molar-refractivity contribution is 5.15. The van der Waals surface area contributed by atoms with Crippen molar-refractivity contribution in [3.63, 3.8) is 0 Å². The highest BCUT2D eigenvalue weighted by Gasteiger charge is 2.65. The highest BCUT2D eigenvalue weighted by atomic mass is 16.8. The third-order valence-corrected chi connectivity index (χ3v) is 7.52. The van der Waals surface area contributed by atoms with Gasteiger partial charge in [-0.15, -0.1) is 0 Å². The smallest absolute Gasteiger partial charge is 0.220 e. The topological polar surface area (TPSA) is 125 Å². The molecule has 4 rings (SSSR count). The maximum absolute atomic E-state index is 11.9. The Morgan fingerprint density at radius 1 is 0.821 bits per heavy atom. The minimum atomic E-state index is -2.06. The van der Waals surface area contributed by atoms with E-state index in [-0.39, 0.29) is 19.6 Å². The summed E-state index contributed by atoms with van der Waals surface area (Å²) in [4.78, 5) is 0.